The van der Waals surface area contributed by atoms with Crippen LogP contribution in [0, 0.1) is 5.82 Å². The van der Waals surface area contributed by atoms with Crippen LogP contribution in [0.1, 0.15) is 40.6 Å². The van der Waals surface area contributed by atoms with Crippen LogP contribution < -0.4 is 5.32 Å². The summed E-state index contributed by atoms with van der Waals surface area (Å²) in [6, 6.07) is 7.97. The highest BCUT2D eigenvalue weighted by Crippen LogP contribution is 2.32. The Morgan fingerprint density at radius 1 is 1.25 bits per heavy atom. The average Bonchev–Trinajstić information content (AvgIpc) is 3.24. The molecule has 3 amide bonds. The van der Waals surface area contributed by atoms with Crippen molar-refractivity contribution in [1.29, 1.82) is 0 Å². The van der Waals surface area contributed by atoms with Gasteiger partial charge in [0.25, 0.3) is 17.1 Å². The molecule has 2 aromatic rings. The molecule has 0 bridgehead atoms. The Labute approximate surface area is 170 Å². The number of carbonyl (C=O) groups excluding carboxylic acids is 3. The number of benzene rings is 1. The van der Waals surface area contributed by atoms with Crippen molar-refractivity contribution in [2.45, 2.75) is 19.8 Å². The van der Waals surface area contributed by atoms with Gasteiger partial charge in [-0.15, -0.1) is 11.3 Å². The fourth-order valence-corrected chi connectivity index (χ4v) is 4.57. The van der Waals surface area contributed by atoms with Crippen LogP contribution in [-0.4, -0.2) is 35.0 Å². The predicted molar refractivity (Wildman–Crippen MR) is 110 cm³/mol. The molecule has 5 nitrogen and oxygen atoms in total. The van der Waals surface area contributed by atoms with E-state index in [9.17, 15) is 18.8 Å². The monoisotopic (exact) mass is 418 g/mol. The van der Waals surface area contributed by atoms with Crippen molar-refractivity contribution >= 4 is 46.2 Å². The highest BCUT2D eigenvalue weighted by atomic mass is 32.2. The van der Waals surface area contributed by atoms with Crippen LogP contribution >= 0.6 is 23.1 Å². The van der Waals surface area contributed by atoms with E-state index in [0.29, 0.717) is 4.88 Å². The molecule has 0 aliphatic carbocycles. The van der Waals surface area contributed by atoms with Crippen molar-refractivity contribution in [2.75, 3.05) is 13.1 Å². The van der Waals surface area contributed by atoms with Gasteiger partial charge in [-0.2, -0.15) is 0 Å². The molecule has 28 heavy (non-hydrogen) atoms. The average molecular weight is 419 g/mol. The van der Waals surface area contributed by atoms with E-state index < -0.39 is 17.0 Å². The Bertz CT molecular complexity index is 952. The Hall–Kier alpha value is -2.45. The van der Waals surface area contributed by atoms with Crippen LogP contribution in [0.4, 0.5) is 9.18 Å². The molecule has 0 unspecified atom stereocenters. The van der Waals surface area contributed by atoms with Gasteiger partial charge in [0.15, 0.2) is 0 Å². The summed E-state index contributed by atoms with van der Waals surface area (Å²) in [5.41, 5.74) is 1.22. The third kappa shape index (κ3) is 4.34. The first kappa shape index (κ1) is 20.3. The minimum absolute atomic E-state index is 0.0629. The molecule has 0 spiro atoms. The molecular weight excluding hydrogens is 399 g/mol. The summed E-state index contributed by atoms with van der Waals surface area (Å²) in [5, 5.41) is 4.20. The smallest absolute Gasteiger partial charge is 0.293 e. The van der Waals surface area contributed by atoms with E-state index in [-0.39, 0.29) is 35.4 Å². The van der Waals surface area contributed by atoms with Gasteiger partial charge in [-0.1, -0.05) is 32.0 Å². The van der Waals surface area contributed by atoms with Crippen LogP contribution in [-0.2, 0) is 4.79 Å². The van der Waals surface area contributed by atoms with Gasteiger partial charge in [0.2, 0.25) is 0 Å². The molecule has 3 rings (SSSR count). The molecule has 1 aromatic carbocycles. The molecule has 1 saturated heterocycles. The van der Waals surface area contributed by atoms with E-state index in [1.165, 1.54) is 29.5 Å². The zero-order valence-corrected chi connectivity index (χ0v) is 17.0. The van der Waals surface area contributed by atoms with E-state index >= 15 is 0 Å². The van der Waals surface area contributed by atoms with E-state index in [2.05, 4.69) is 5.32 Å². The number of thiophene rings is 1. The first-order valence-corrected chi connectivity index (χ1v) is 10.4. The van der Waals surface area contributed by atoms with Crippen LogP contribution in [0.25, 0.3) is 6.08 Å². The van der Waals surface area contributed by atoms with Crippen LogP contribution in [0.15, 0.2) is 40.6 Å². The fraction of sp³-hybridized carbons (Fsp3) is 0.250. The van der Waals surface area contributed by atoms with Gasteiger partial charge in [0.05, 0.1) is 9.78 Å². The lowest BCUT2D eigenvalue weighted by molar-refractivity contribution is -0.122. The van der Waals surface area contributed by atoms with Gasteiger partial charge >= 0.3 is 0 Å². The van der Waals surface area contributed by atoms with E-state index in [4.69, 9.17) is 0 Å². The lowest BCUT2D eigenvalue weighted by Gasteiger charge is -2.13. The van der Waals surface area contributed by atoms with Crippen LogP contribution in [0.3, 0.4) is 0 Å². The second-order valence-electron chi connectivity index (χ2n) is 6.47. The summed E-state index contributed by atoms with van der Waals surface area (Å²) in [4.78, 5) is 38.8. The predicted octanol–water partition coefficient (Wildman–Crippen LogP) is 4.48. The Morgan fingerprint density at radius 3 is 2.71 bits per heavy atom. The van der Waals surface area contributed by atoms with Crippen molar-refractivity contribution in [2.24, 2.45) is 0 Å². The quantitative estimate of drug-likeness (QED) is 0.703. The standard InChI is InChI=1S/C20H19FN2O3S2/c1-12(2)14-7-10-27-17(14)18(24)22-8-9-23-19(25)16(28-20(23)26)11-13-5-3-4-6-15(13)21/h3-7,10-12H,8-9H2,1-2H3,(H,22,24). The number of thioether (sulfide) groups is 1. The number of nitrogens with one attached hydrogen (secondary N) is 1. The molecule has 1 aliphatic heterocycles. The molecule has 0 saturated carbocycles. The van der Waals surface area contributed by atoms with Gasteiger partial charge in [0, 0.05) is 18.7 Å². The number of hydrogen-bond donors (Lipinski definition) is 1. The Balaban J connectivity index is 1.61. The van der Waals surface area contributed by atoms with Gasteiger partial charge < -0.3 is 5.32 Å². The number of nitrogens with zero attached hydrogens (tertiary/aromatic N) is 1. The summed E-state index contributed by atoms with van der Waals surface area (Å²) >= 11 is 2.13. The summed E-state index contributed by atoms with van der Waals surface area (Å²) < 4.78 is 13.8. The highest BCUT2D eigenvalue weighted by molar-refractivity contribution is 8.18. The first-order valence-electron chi connectivity index (χ1n) is 8.74. The number of carbonyl (C=O) groups is 3. The molecule has 0 radical (unpaired) electrons. The Morgan fingerprint density at radius 2 is 2.00 bits per heavy atom. The number of halogens is 1. The lowest BCUT2D eigenvalue weighted by Crippen LogP contribution is -2.37. The van der Waals surface area contributed by atoms with Gasteiger partial charge in [-0.3, -0.25) is 19.3 Å². The highest BCUT2D eigenvalue weighted by Gasteiger charge is 2.34. The molecule has 2 heterocycles. The van der Waals surface area contributed by atoms with E-state index in [0.717, 1.165) is 22.2 Å². The third-order valence-electron chi connectivity index (χ3n) is 4.21. The lowest BCUT2D eigenvalue weighted by atomic mass is 10.0. The zero-order chi connectivity index (χ0) is 20.3. The van der Waals surface area contributed by atoms with Crippen molar-refractivity contribution in [1.82, 2.24) is 10.2 Å². The summed E-state index contributed by atoms with van der Waals surface area (Å²) in [6.07, 6.45) is 1.37. The minimum Gasteiger partial charge on any atom is -0.350 e. The normalized spacial score (nSPS) is 15.7. The van der Waals surface area contributed by atoms with Crippen molar-refractivity contribution in [3.8, 4) is 0 Å². The first-order chi connectivity index (χ1) is 13.4. The van der Waals surface area contributed by atoms with E-state index in [1.54, 1.807) is 12.1 Å². The molecule has 1 N–H and O–H groups in total. The SMILES string of the molecule is CC(C)c1ccsc1C(=O)NCCN1C(=O)SC(=Cc2ccccc2F)C1=O. The fourth-order valence-electron chi connectivity index (χ4n) is 2.75. The van der Waals surface area contributed by atoms with Gasteiger partial charge in [0.1, 0.15) is 5.82 Å². The molecule has 1 fully saturated rings. The topological polar surface area (TPSA) is 66.5 Å². The molecule has 8 heteroatoms. The van der Waals surface area contributed by atoms with Crippen molar-refractivity contribution in [3.05, 3.63) is 62.4 Å². The number of hydrogen-bond acceptors (Lipinski definition) is 5. The number of imide groups is 1. The van der Waals surface area contributed by atoms with Crippen molar-refractivity contribution < 1.29 is 18.8 Å². The molecule has 146 valence electrons. The number of rotatable bonds is 6. The molecular formula is C20H19FN2O3S2. The number of amides is 3. The van der Waals surface area contributed by atoms with E-state index in [1.807, 2.05) is 25.3 Å². The maximum Gasteiger partial charge on any atom is 0.293 e. The van der Waals surface area contributed by atoms with Crippen LogP contribution in [0.2, 0.25) is 0 Å². The van der Waals surface area contributed by atoms with Crippen molar-refractivity contribution in [3.63, 3.8) is 0 Å². The summed E-state index contributed by atoms with van der Waals surface area (Å²) in [6.45, 7) is 4.24. The van der Waals surface area contributed by atoms with Crippen LogP contribution in [0.5, 0.6) is 0 Å². The largest absolute Gasteiger partial charge is 0.350 e. The molecule has 0 atom stereocenters. The second kappa shape index (κ2) is 8.70. The molecule has 1 aliphatic rings. The minimum atomic E-state index is -0.480. The summed E-state index contributed by atoms with van der Waals surface area (Å²) in [5.74, 6) is -0.922. The summed E-state index contributed by atoms with van der Waals surface area (Å²) in [7, 11) is 0. The Kier molecular flexibility index (Phi) is 6.31. The maximum atomic E-state index is 13.8. The maximum absolute atomic E-state index is 13.8. The van der Waals surface area contributed by atoms with Gasteiger partial charge in [-0.05, 0) is 46.8 Å². The molecule has 1 aromatic heterocycles. The zero-order valence-electron chi connectivity index (χ0n) is 15.4. The van der Waals surface area contributed by atoms with Gasteiger partial charge in [-0.25, -0.2) is 4.39 Å². The third-order valence-corrected chi connectivity index (χ3v) is 6.05. The second-order valence-corrected chi connectivity index (χ2v) is 8.38.